The number of anilines is 1. The van der Waals surface area contributed by atoms with Crippen molar-refractivity contribution in [3.8, 4) is 5.75 Å². The van der Waals surface area contributed by atoms with E-state index >= 15 is 0 Å². The summed E-state index contributed by atoms with van der Waals surface area (Å²) in [5, 5.41) is 0. The van der Waals surface area contributed by atoms with Crippen LogP contribution in [-0.4, -0.2) is 12.4 Å². The minimum absolute atomic E-state index is 0.186. The summed E-state index contributed by atoms with van der Waals surface area (Å²) in [6.45, 7) is 5.00. The minimum Gasteiger partial charge on any atom is -0.491 e. The predicted octanol–water partition coefficient (Wildman–Crippen LogP) is 4.46. The van der Waals surface area contributed by atoms with Crippen molar-refractivity contribution >= 4 is 11.5 Å². The van der Waals surface area contributed by atoms with Crippen LogP contribution in [0.2, 0.25) is 0 Å². The fourth-order valence-electron chi connectivity index (χ4n) is 2.84. The van der Waals surface area contributed by atoms with Gasteiger partial charge in [-0.3, -0.25) is 4.79 Å². The average molecular weight is 289 g/mol. The number of rotatable bonds is 6. The third-order valence-corrected chi connectivity index (χ3v) is 4.22. The number of nitrogens with two attached hydrogens (primary N) is 1. The molecule has 1 aromatic rings. The van der Waals surface area contributed by atoms with Crippen LogP contribution in [0.5, 0.6) is 5.75 Å². The Kier molecular flexibility index (Phi) is 5.66. The Balaban J connectivity index is 1.99. The number of hydrogen-bond donors (Lipinski definition) is 1. The Labute approximate surface area is 127 Å². The molecule has 0 radical (unpaired) electrons. The molecule has 0 bridgehead atoms. The molecule has 116 valence electrons. The van der Waals surface area contributed by atoms with Crippen LogP contribution in [0, 0.1) is 11.8 Å². The van der Waals surface area contributed by atoms with E-state index in [0.29, 0.717) is 24.0 Å². The highest BCUT2D eigenvalue weighted by Gasteiger charge is 2.22. The second-order valence-electron chi connectivity index (χ2n) is 6.48. The van der Waals surface area contributed by atoms with Gasteiger partial charge in [0.15, 0.2) is 5.78 Å². The molecule has 1 fully saturated rings. The van der Waals surface area contributed by atoms with Crippen molar-refractivity contribution < 1.29 is 9.53 Å². The van der Waals surface area contributed by atoms with Crippen LogP contribution in [-0.2, 0) is 0 Å². The number of carbonyl (C=O) groups excluding carboxylic acids is 1. The smallest absolute Gasteiger partial charge is 0.166 e. The highest BCUT2D eigenvalue weighted by molar-refractivity contribution is 5.98. The van der Waals surface area contributed by atoms with Gasteiger partial charge >= 0.3 is 0 Å². The summed E-state index contributed by atoms with van der Waals surface area (Å²) in [7, 11) is 0. The normalized spacial score (nSPS) is 16.1. The standard InChI is InChI=1S/C18H27NO2/c1-13(2)10-11-21-17-9-8-15(12-16(17)19)18(20)14-6-4-3-5-7-14/h8-9,12-14H,3-7,10-11,19H2,1-2H3. The van der Waals surface area contributed by atoms with E-state index in [9.17, 15) is 4.79 Å². The first-order valence-electron chi connectivity index (χ1n) is 8.14. The molecule has 3 heteroatoms. The van der Waals surface area contributed by atoms with Gasteiger partial charge in [-0.2, -0.15) is 0 Å². The highest BCUT2D eigenvalue weighted by Crippen LogP contribution is 2.29. The number of hydrogen-bond acceptors (Lipinski definition) is 3. The van der Waals surface area contributed by atoms with Crippen LogP contribution in [0.3, 0.4) is 0 Å². The largest absolute Gasteiger partial charge is 0.491 e. The number of nitrogen functional groups attached to an aromatic ring is 1. The molecular weight excluding hydrogens is 262 g/mol. The van der Waals surface area contributed by atoms with Gasteiger partial charge < -0.3 is 10.5 Å². The lowest BCUT2D eigenvalue weighted by Gasteiger charge is -2.20. The maximum atomic E-state index is 12.5. The molecule has 1 saturated carbocycles. The first-order valence-corrected chi connectivity index (χ1v) is 8.14. The van der Waals surface area contributed by atoms with E-state index in [1.165, 1.54) is 19.3 Å². The maximum absolute atomic E-state index is 12.5. The van der Waals surface area contributed by atoms with Crippen molar-refractivity contribution in [3.05, 3.63) is 23.8 Å². The van der Waals surface area contributed by atoms with Crippen LogP contribution in [0.1, 0.15) is 62.7 Å². The Hall–Kier alpha value is -1.51. The van der Waals surface area contributed by atoms with Crippen LogP contribution in [0.25, 0.3) is 0 Å². The molecule has 0 spiro atoms. The quantitative estimate of drug-likeness (QED) is 0.621. The molecule has 2 N–H and O–H groups in total. The monoisotopic (exact) mass is 289 g/mol. The fourth-order valence-corrected chi connectivity index (χ4v) is 2.84. The zero-order valence-electron chi connectivity index (χ0n) is 13.2. The Morgan fingerprint density at radius 3 is 2.62 bits per heavy atom. The number of Topliss-reactive ketones (excluding diaryl/α,β-unsaturated/α-hetero) is 1. The highest BCUT2D eigenvalue weighted by atomic mass is 16.5. The van der Waals surface area contributed by atoms with Gasteiger partial charge in [0.25, 0.3) is 0 Å². The third kappa shape index (κ3) is 4.48. The van der Waals surface area contributed by atoms with Gasteiger partial charge in [0.2, 0.25) is 0 Å². The lowest BCUT2D eigenvalue weighted by atomic mass is 9.84. The topological polar surface area (TPSA) is 52.3 Å². The summed E-state index contributed by atoms with van der Waals surface area (Å²) in [6.07, 6.45) is 6.64. The zero-order chi connectivity index (χ0) is 15.2. The Morgan fingerprint density at radius 2 is 2.00 bits per heavy atom. The molecule has 0 aliphatic heterocycles. The Bertz CT molecular complexity index is 476. The third-order valence-electron chi connectivity index (χ3n) is 4.22. The molecule has 0 unspecified atom stereocenters. The molecule has 0 aromatic heterocycles. The molecule has 0 atom stereocenters. The molecule has 0 heterocycles. The number of carbonyl (C=O) groups is 1. The molecule has 1 aromatic carbocycles. The van der Waals surface area contributed by atoms with Crippen molar-refractivity contribution in [1.82, 2.24) is 0 Å². The summed E-state index contributed by atoms with van der Waals surface area (Å²) < 4.78 is 5.69. The second kappa shape index (κ2) is 7.48. The number of benzene rings is 1. The number of ether oxygens (including phenoxy) is 1. The molecule has 0 amide bonds. The summed E-state index contributed by atoms with van der Waals surface area (Å²) in [5.74, 6) is 1.73. The molecule has 1 aliphatic rings. The molecular formula is C18H27NO2. The van der Waals surface area contributed by atoms with Crippen molar-refractivity contribution in [2.45, 2.75) is 52.4 Å². The second-order valence-corrected chi connectivity index (χ2v) is 6.48. The summed E-state index contributed by atoms with van der Waals surface area (Å²) >= 11 is 0. The molecule has 2 rings (SSSR count). The maximum Gasteiger partial charge on any atom is 0.166 e. The lowest BCUT2D eigenvalue weighted by molar-refractivity contribution is 0.0889. The summed E-state index contributed by atoms with van der Waals surface area (Å²) in [5.41, 5.74) is 7.33. The van der Waals surface area contributed by atoms with Gasteiger partial charge in [-0.15, -0.1) is 0 Å². The molecule has 1 aliphatic carbocycles. The van der Waals surface area contributed by atoms with Crippen LogP contribution < -0.4 is 10.5 Å². The van der Waals surface area contributed by atoms with E-state index in [-0.39, 0.29) is 11.7 Å². The van der Waals surface area contributed by atoms with Gasteiger partial charge in [-0.05, 0) is 43.4 Å². The van der Waals surface area contributed by atoms with Crippen LogP contribution >= 0.6 is 0 Å². The van der Waals surface area contributed by atoms with E-state index in [0.717, 1.165) is 24.8 Å². The molecule has 0 saturated heterocycles. The van der Waals surface area contributed by atoms with Crippen molar-refractivity contribution in [2.75, 3.05) is 12.3 Å². The van der Waals surface area contributed by atoms with Crippen molar-refractivity contribution in [1.29, 1.82) is 0 Å². The Morgan fingerprint density at radius 1 is 1.29 bits per heavy atom. The first kappa shape index (κ1) is 15.9. The van der Waals surface area contributed by atoms with Crippen LogP contribution in [0.4, 0.5) is 5.69 Å². The van der Waals surface area contributed by atoms with E-state index in [1.807, 2.05) is 12.1 Å². The first-order chi connectivity index (χ1) is 10.1. The van der Waals surface area contributed by atoms with Gasteiger partial charge in [0.1, 0.15) is 5.75 Å². The van der Waals surface area contributed by atoms with E-state index in [2.05, 4.69) is 13.8 Å². The van der Waals surface area contributed by atoms with E-state index in [4.69, 9.17) is 10.5 Å². The molecule has 3 nitrogen and oxygen atoms in total. The average Bonchev–Trinajstić information content (AvgIpc) is 2.48. The predicted molar refractivity (Wildman–Crippen MR) is 86.7 cm³/mol. The summed E-state index contributed by atoms with van der Waals surface area (Å²) in [6, 6.07) is 5.48. The lowest BCUT2D eigenvalue weighted by Crippen LogP contribution is -2.18. The van der Waals surface area contributed by atoms with Gasteiger partial charge in [0.05, 0.1) is 12.3 Å². The van der Waals surface area contributed by atoms with Crippen molar-refractivity contribution in [2.24, 2.45) is 11.8 Å². The molecule has 21 heavy (non-hydrogen) atoms. The van der Waals surface area contributed by atoms with Crippen LogP contribution in [0.15, 0.2) is 18.2 Å². The van der Waals surface area contributed by atoms with Gasteiger partial charge in [-0.25, -0.2) is 0 Å². The van der Waals surface area contributed by atoms with E-state index < -0.39 is 0 Å². The van der Waals surface area contributed by atoms with E-state index in [1.54, 1.807) is 6.07 Å². The van der Waals surface area contributed by atoms with Gasteiger partial charge in [0, 0.05) is 11.5 Å². The minimum atomic E-state index is 0.186. The van der Waals surface area contributed by atoms with Crippen molar-refractivity contribution in [3.63, 3.8) is 0 Å². The summed E-state index contributed by atoms with van der Waals surface area (Å²) in [4.78, 5) is 12.5. The SMILES string of the molecule is CC(C)CCOc1ccc(C(=O)C2CCCCC2)cc1N. The number of ketones is 1. The van der Waals surface area contributed by atoms with Gasteiger partial charge in [-0.1, -0.05) is 33.1 Å². The fraction of sp³-hybridized carbons (Fsp3) is 0.611. The zero-order valence-corrected chi connectivity index (χ0v) is 13.2.